The molecule has 0 spiro atoms. The number of carbonyl (C=O) groups excluding carboxylic acids is 2. The van der Waals surface area contributed by atoms with E-state index in [0.717, 1.165) is 37.9 Å². The standard InChI is InChI=1S/C18H28N2O4/c1-5-14-8-6-7-9-20(14)15(22)10-24-18(23)17-11(2)16(13(4)21)12(3)19-17/h13-14,19,21H,5-10H2,1-4H3/t13-,14-/m1/s1. The molecule has 0 bridgehead atoms. The Morgan fingerprint density at radius 1 is 1.38 bits per heavy atom. The molecule has 1 aromatic rings. The Bertz CT molecular complexity index is 606. The number of likely N-dealkylation sites (tertiary alicyclic amines) is 1. The maximum Gasteiger partial charge on any atom is 0.355 e. The Hall–Kier alpha value is -1.82. The molecule has 0 aliphatic carbocycles. The van der Waals surface area contributed by atoms with Crippen molar-refractivity contribution in [2.24, 2.45) is 0 Å². The lowest BCUT2D eigenvalue weighted by molar-refractivity contribution is -0.138. The van der Waals surface area contributed by atoms with Crippen molar-refractivity contribution in [1.82, 2.24) is 9.88 Å². The monoisotopic (exact) mass is 336 g/mol. The van der Waals surface area contributed by atoms with Gasteiger partial charge >= 0.3 is 5.97 Å². The number of aromatic nitrogens is 1. The quantitative estimate of drug-likeness (QED) is 0.810. The van der Waals surface area contributed by atoms with Crippen LogP contribution in [-0.4, -0.2) is 46.1 Å². The molecule has 1 fully saturated rings. The number of nitrogens with zero attached hydrogens (tertiary/aromatic N) is 1. The van der Waals surface area contributed by atoms with Gasteiger partial charge in [-0.15, -0.1) is 0 Å². The molecule has 1 aromatic heterocycles. The second kappa shape index (κ2) is 7.83. The highest BCUT2D eigenvalue weighted by molar-refractivity contribution is 5.91. The average Bonchev–Trinajstić information content (AvgIpc) is 2.86. The van der Waals surface area contributed by atoms with Gasteiger partial charge < -0.3 is 19.7 Å². The van der Waals surface area contributed by atoms with Gasteiger partial charge in [0.15, 0.2) is 6.61 Å². The highest BCUT2D eigenvalue weighted by Gasteiger charge is 2.27. The molecule has 0 unspecified atom stereocenters. The molecular weight excluding hydrogens is 308 g/mol. The first-order valence-electron chi connectivity index (χ1n) is 8.70. The van der Waals surface area contributed by atoms with Gasteiger partial charge in [0, 0.05) is 23.8 Å². The minimum Gasteiger partial charge on any atom is -0.451 e. The van der Waals surface area contributed by atoms with Crippen LogP contribution in [0.4, 0.5) is 0 Å². The summed E-state index contributed by atoms with van der Waals surface area (Å²) >= 11 is 0. The largest absolute Gasteiger partial charge is 0.451 e. The molecular formula is C18H28N2O4. The van der Waals surface area contributed by atoms with E-state index in [1.807, 2.05) is 4.90 Å². The van der Waals surface area contributed by atoms with Crippen molar-refractivity contribution in [3.63, 3.8) is 0 Å². The lowest BCUT2D eigenvalue weighted by atomic mass is 10.00. The van der Waals surface area contributed by atoms with Gasteiger partial charge in [0.25, 0.3) is 5.91 Å². The minimum absolute atomic E-state index is 0.133. The molecule has 0 aromatic carbocycles. The third kappa shape index (κ3) is 3.80. The predicted octanol–water partition coefficient (Wildman–Crippen LogP) is 2.63. The van der Waals surface area contributed by atoms with Crippen molar-refractivity contribution in [3.8, 4) is 0 Å². The van der Waals surface area contributed by atoms with E-state index in [1.165, 1.54) is 0 Å². The van der Waals surface area contributed by atoms with Crippen LogP contribution < -0.4 is 0 Å². The van der Waals surface area contributed by atoms with Crippen molar-refractivity contribution in [3.05, 3.63) is 22.5 Å². The third-order valence-electron chi connectivity index (χ3n) is 4.86. The number of aliphatic hydroxyl groups is 1. The van der Waals surface area contributed by atoms with E-state index < -0.39 is 12.1 Å². The summed E-state index contributed by atoms with van der Waals surface area (Å²) in [5.41, 5.74) is 2.42. The number of esters is 1. The summed E-state index contributed by atoms with van der Waals surface area (Å²) in [7, 11) is 0. The van der Waals surface area contributed by atoms with Crippen molar-refractivity contribution in [1.29, 1.82) is 0 Å². The number of H-pyrrole nitrogens is 1. The molecule has 134 valence electrons. The smallest absolute Gasteiger partial charge is 0.355 e. The number of ether oxygens (including phenoxy) is 1. The summed E-state index contributed by atoms with van der Waals surface area (Å²) in [5.74, 6) is -0.688. The van der Waals surface area contributed by atoms with E-state index in [2.05, 4.69) is 11.9 Å². The molecule has 24 heavy (non-hydrogen) atoms. The summed E-state index contributed by atoms with van der Waals surface area (Å²) in [4.78, 5) is 29.4. The Labute approximate surface area is 143 Å². The SMILES string of the molecule is CC[C@@H]1CCCCN1C(=O)COC(=O)c1[nH]c(C)c([C@@H](C)O)c1C. The zero-order valence-corrected chi connectivity index (χ0v) is 15.0. The molecule has 0 radical (unpaired) electrons. The normalized spacial score (nSPS) is 19.2. The van der Waals surface area contributed by atoms with Crippen LogP contribution in [-0.2, 0) is 9.53 Å². The van der Waals surface area contributed by atoms with E-state index in [4.69, 9.17) is 4.74 Å². The number of amides is 1. The number of carbonyl (C=O) groups is 2. The summed E-state index contributed by atoms with van der Waals surface area (Å²) in [6, 6.07) is 0.251. The zero-order chi connectivity index (χ0) is 17.9. The van der Waals surface area contributed by atoms with Crippen LogP contribution in [0.3, 0.4) is 0 Å². The lowest BCUT2D eigenvalue weighted by Crippen LogP contribution is -2.45. The molecule has 0 saturated carbocycles. The van der Waals surface area contributed by atoms with Crippen molar-refractivity contribution in [2.75, 3.05) is 13.2 Å². The van der Waals surface area contributed by atoms with E-state index in [0.29, 0.717) is 16.8 Å². The highest BCUT2D eigenvalue weighted by atomic mass is 16.5. The number of nitrogens with one attached hydrogen (secondary N) is 1. The molecule has 1 saturated heterocycles. The molecule has 1 amide bonds. The lowest BCUT2D eigenvalue weighted by Gasteiger charge is -2.35. The van der Waals surface area contributed by atoms with E-state index in [1.54, 1.807) is 20.8 Å². The van der Waals surface area contributed by atoms with Gasteiger partial charge in [-0.2, -0.15) is 0 Å². The number of hydrogen-bond donors (Lipinski definition) is 2. The average molecular weight is 336 g/mol. The van der Waals surface area contributed by atoms with Gasteiger partial charge in [0.05, 0.1) is 6.10 Å². The predicted molar refractivity (Wildman–Crippen MR) is 90.8 cm³/mol. The summed E-state index contributed by atoms with van der Waals surface area (Å²) in [6.07, 6.45) is 3.42. The van der Waals surface area contributed by atoms with Crippen molar-refractivity contribution >= 4 is 11.9 Å². The zero-order valence-electron chi connectivity index (χ0n) is 15.0. The van der Waals surface area contributed by atoms with Crippen molar-refractivity contribution < 1.29 is 19.4 Å². The topological polar surface area (TPSA) is 82.6 Å². The fraction of sp³-hybridized carbons (Fsp3) is 0.667. The van der Waals surface area contributed by atoms with Gasteiger partial charge in [0.2, 0.25) is 0 Å². The maximum absolute atomic E-state index is 12.4. The van der Waals surface area contributed by atoms with E-state index in [9.17, 15) is 14.7 Å². The number of hydrogen-bond acceptors (Lipinski definition) is 4. The molecule has 6 nitrogen and oxygen atoms in total. The van der Waals surface area contributed by atoms with Gasteiger partial charge in [-0.05, 0) is 52.0 Å². The first kappa shape index (κ1) is 18.5. The highest BCUT2D eigenvalue weighted by Crippen LogP contribution is 2.25. The molecule has 1 aliphatic heterocycles. The Morgan fingerprint density at radius 3 is 2.67 bits per heavy atom. The first-order chi connectivity index (χ1) is 11.4. The summed E-state index contributed by atoms with van der Waals surface area (Å²) < 4.78 is 5.22. The molecule has 2 rings (SSSR count). The van der Waals surface area contributed by atoms with Crippen LogP contribution >= 0.6 is 0 Å². The third-order valence-corrected chi connectivity index (χ3v) is 4.86. The van der Waals surface area contributed by atoms with Crippen LogP contribution in [0.2, 0.25) is 0 Å². The Balaban J connectivity index is 2.00. The molecule has 1 aliphatic rings. The second-order valence-electron chi connectivity index (χ2n) is 6.56. The first-order valence-corrected chi connectivity index (χ1v) is 8.70. The number of piperidine rings is 1. The van der Waals surface area contributed by atoms with Gasteiger partial charge in [-0.25, -0.2) is 4.79 Å². The Kier molecular flexibility index (Phi) is 6.04. The second-order valence-corrected chi connectivity index (χ2v) is 6.56. The summed E-state index contributed by atoms with van der Waals surface area (Å²) in [6.45, 7) is 7.80. The van der Waals surface area contributed by atoms with Gasteiger partial charge in [-0.3, -0.25) is 4.79 Å². The summed E-state index contributed by atoms with van der Waals surface area (Å²) in [5, 5.41) is 9.79. The molecule has 6 heteroatoms. The van der Waals surface area contributed by atoms with Crippen molar-refractivity contribution in [2.45, 2.75) is 65.5 Å². The molecule has 2 N–H and O–H groups in total. The van der Waals surface area contributed by atoms with Gasteiger partial charge in [0.1, 0.15) is 5.69 Å². The number of aryl methyl sites for hydroxylation is 1. The van der Waals surface area contributed by atoms with Gasteiger partial charge in [-0.1, -0.05) is 6.92 Å². The van der Waals surface area contributed by atoms with Crippen LogP contribution in [0.5, 0.6) is 0 Å². The van der Waals surface area contributed by atoms with Crippen LogP contribution in [0.15, 0.2) is 0 Å². The number of aliphatic hydroxyl groups excluding tert-OH is 1. The van der Waals surface area contributed by atoms with E-state index >= 15 is 0 Å². The number of rotatable bonds is 5. The maximum atomic E-state index is 12.4. The van der Waals surface area contributed by atoms with Crippen LogP contribution in [0.25, 0.3) is 0 Å². The molecule has 2 heterocycles. The fourth-order valence-electron chi connectivity index (χ4n) is 3.63. The van der Waals surface area contributed by atoms with Crippen LogP contribution in [0.1, 0.15) is 72.9 Å². The fourth-order valence-corrected chi connectivity index (χ4v) is 3.63. The van der Waals surface area contributed by atoms with E-state index in [-0.39, 0.29) is 18.6 Å². The molecule has 2 atom stereocenters. The van der Waals surface area contributed by atoms with Crippen LogP contribution in [0, 0.1) is 13.8 Å². The Morgan fingerprint density at radius 2 is 2.08 bits per heavy atom. The number of aromatic amines is 1. The minimum atomic E-state index is -0.664.